The molecule has 0 aromatic rings. The minimum Gasteiger partial charge on any atom is -0.299 e. The van der Waals surface area contributed by atoms with Gasteiger partial charge in [0.2, 0.25) is 0 Å². The van der Waals surface area contributed by atoms with Gasteiger partial charge in [-0.05, 0) is 32.6 Å². The monoisotopic (exact) mass is 194 g/mol. The number of hydrogen-bond acceptors (Lipinski definition) is 2. The fraction of sp³-hybridized carbons (Fsp3) is 0.917. The molecule has 14 heavy (non-hydrogen) atoms. The van der Waals surface area contributed by atoms with Crippen molar-refractivity contribution in [3.63, 3.8) is 0 Å². The van der Waals surface area contributed by atoms with Gasteiger partial charge in [0, 0.05) is 6.04 Å². The first-order valence-electron chi connectivity index (χ1n) is 5.89. The minimum atomic E-state index is -0.00625. The Bertz CT molecular complexity index is 187. The summed E-state index contributed by atoms with van der Waals surface area (Å²) < 4.78 is 0. The summed E-state index contributed by atoms with van der Waals surface area (Å²) in [5.74, 6) is 0.785. The molecule has 2 atom stereocenters. The number of rotatable bonds is 3. The van der Waals surface area contributed by atoms with E-state index in [2.05, 4.69) is 18.3 Å². The molecule has 1 unspecified atom stereocenters. The van der Waals surface area contributed by atoms with E-state index in [-0.39, 0.29) is 6.04 Å². The second kappa shape index (κ2) is 6.03. The lowest BCUT2D eigenvalue weighted by Crippen LogP contribution is -2.38. The van der Waals surface area contributed by atoms with Crippen LogP contribution in [-0.4, -0.2) is 12.1 Å². The third-order valence-corrected chi connectivity index (χ3v) is 3.31. The van der Waals surface area contributed by atoms with Crippen LogP contribution in [0.15, 0.2) is 0 Å². The highest BCUT2D eigenvalue weighted by Gasteiger charge is 2.19. The third-order valence-electron chi connectivity index (χ3n) is 3.31. The van der Waals surface area contributed by atoms with E-state index in [0.29, 0.717) is 6.04 Å². The normalized spacial score (nSPS) is 23.5. The Balaban J connectivity index is 2.34. The molecular formula is C12H22N2. The zero-order valence-electron chi connectivity index (χ0n) is 9.42. The van der Waals surface area contributed by atoms with E-state index >= 15 is 0 Å². The van der Waals surface area contributed by atoms with Crippen LogP contribution in [-0.2, 0) is 0 Å². The lowest BCUT2D eigenvalue weighted by Gasteiger charge is -2.24. The maximum Gasteiger partial charge on any atom is 0.0926 e. The van der Waals surface area contributed by atoms with Crippen molar-refractivity contribution in [2.24, 2.45) is 5.92 Å². The summed E-state index contributed by atoms with van der Waals surface area (Å²) in [5, 5.41) is 12.1. The summed E-state index contributed by atoms with van der Waals surface area (Å²) in [5.41, 5.74) is 0. The second-order valence-corrected chi connectivity index (χ2v) is 4.56. The van der Waals surface area contributed by atoms with Gasteiger partial charge in [-0.15, -0.1) is 0 Å². The molecule has 1 fully saturated rings. The lowest BCUT2D eigenvalue weighted by atomic mass is 9.92. The molecule has 0 amide bonds. The topological polar surface area (TPSA) is 35.8 Å². The summed E-state index contributed by atoms with van der Waals surface area (Å²) in [6, 6.07) is 2.74. The molecule has 1 aliphatic rings. The van der Waals surface area contributed by atoms with Crippen LogP contribution in [0, 0.1) is 17.2 Å². The Morgan fingerprint density at radius 2 is 1.71 bits per heavy atom. The number of hydrogen-bond donors (Lipinski definition) is 1. The van der Waals surface area contributed by atoms with Crippen LogP contribution in [0.5, 0.6) is 0 Å². The molecule has 1 aliphatic carbocycles. The van der Waals surface area contributed by atoms with Crippen molar-refractivity contribution in [1.29, 1.82) is 5.26 Å². The molecule has 1 saturated carbocycles. The lowest BCUT2D eigenvalue weighted by molar-refractivity contribution is 0.330. The Kier molecular flexibility index (Phi) is 4.97. The maximum absolute atomic E-state index is 8.73. The first-order chi connectivity index (χ1) is 6.74. The summed E-state index contributed by atoms with van der Waals surface area (Å²) >= 11 is 0. The highest BCUT2D eigenvalue weighted by atomic mass is 14.9. The molecule has 80 valence electrons. The largest absolute Gasteiger partial charge is 0.299 e. The molecule has 0 aliphatic heterocycles. The molecule has 0 aromatic carbocycles. The van der Waals surface area contributed by atoms with Gasteiger partial charge in [0.25, 0.3) is 0 Å². The fourth-order valence-corrected chi connectivity index (χ4v) is 2.38. The zero-order valence-corrected chi connectivity index (χ0v) is 9.42. The maximum atomic E-state index is 8.73. The molecule has 2 nitrogen and oxygen atoms in total. The van der Waals surface area contributed by atoms with Gasteiger partial charge in [-0.2, -0.15) is 5.26 Å². The van der Waals surface area contributed by atoms with Crippen molar-refractivity contribution in [3.8, 4) is 6.07 Å². The van der Waals surface area contributed by atoms with E-state index in [0.717, 1.165) is 5.92 Å². The van der Waals surface area contributed by atoms with Gasteiger partial charge in [-0.25, -0.2) is 0 Å². The molecule has 0 aromatic heterocycles. The van der Waals surface area contributed by atoms with Crippen molar-refractivity contribution in [1.82, 2.24) is 5.32 Å². The number of nitrogens with one attached hydrogen (secondary N) is 1. The standard InChI is InChI=1S/C12H22N2/c1-10(9-13)14-11(2)12-7-5-3-4-6-8-12/h10-12,14H,3-8H2,1-2H3/t10?,11-/m0/s1. The molecule has 1 N–H and O–H groups in total. The van der Waals surface area contributed by atoms with Crippen molar-refractivity contribution in [2.75, 3.05) is 0 Å². The van der Waals surface area contributed by atoms with E-state index in [4.69, 9.17) is 5.26 Å². The average molecular weight is 194 g/mol. The Morgan fingerprint density at radius 3 is 2.21 bits per heavy atom. The van der Waals surface area contributed by atoms with Crippen molar-refractivity contribution < 1.29 is 0 Å². The third kappa shape index (κ3) is 3.67. The van der Waals surface area contributed by atoms with Crippen LogP contribution in [0.4, 0.5) is 0 Å². The Hall–Kier alpha value is -0.550. The highest BCUT2D eigenvalue weighted by Crippen LogP contribution is 2.25. The molecular weight excluding hydrogens is 172 g/mol. The van der Waals surface area contributed by atoms with E-state index in [1.54, 1.807) is 0 Å². The van der Waals surface area contributed by atoms with Gasteiger partial charge in [-0.3, -0.25) is 5.32 Å². The molecule has 1 rings (SSSR count). The van der Waals surface area contributed by atoms with Gasteiger partial charge >= 0.3 is 0 Å². The summed E-state index contributed by atoms with van der Waals surface area (Å²) in [6.07, 6.45) is 8.22. The van der Waals surface area contributed by atoms with E-state index in [9.17, 15) is 0 Å². The smallest absolute Gasteiger partial charge is 0.0926 e. The van der Waals surface area contributed by atoms with Crippen LogP contribution in [0.1, 0.15) is 52.4 Å². The summed E-state index contributed by atoms with van der Waals surface area (Å²) in [7, 11) is 0. The van der Waals surface area contributed by atoms with E-state index < -0.39 is 0 Å². The van der Waals surface area contributed by atoms with Crippen LogP contribution < -0.4 is 5.32 Å². The fourth-order valence-electron chi connectivity index (χ4n) is 2.38. The molecule has 0 heterocycles. The number of nitriles is 1. The van der Waals surface area contributed by atoms with Gasteiger partial charge in [-0.1, -0.05) is 25.7 Å². The molecule has 0 spiro atoms. The number of nitrogens with zero attached hydrogens (tertiary/aromatic N) is 1. The molecule has 0 saturated heterocycles. The second-order valence-electron chi connectivity index (χ2n) is 4.56. The van der Waals surface area contributed by atoms with Crippen LogP contribution >= 0.6 is 0 Å². The van der Waals surface area contributed by atoms with Crippen LogP contribution in [0.25, 0.3) is 0 Å². The summed E-state index contributed by atoms with van der Waals surface area (Å²) in [4.78, 5) is 0. The first-order valence-corrected chi connectivity index (χ1v) is 5.89. The van der Waals surface area contributed by atoms with E-state index in [1.165, 1.54) is 38.5 Å². The predicted molar refractivity (Wildman–Crippen MR) is 58.9 cm³/mol. The minimum absolute atomic E-state index is 0.00625. The van der Waals surface area contributed by atoms with Crippen molar-refractivity contribution in [2.45, 2.75) is 64.5 Å². The molecule has 0 bridgehead atoms. The van der Waals surface area contributed by atoms with E-state index in [1.807, 2.05) is 6.92 Å². The average Bonchev–Trinajstić information content (AvgIpc) is 2.45. The van der Waals surface area contributed by atoms with Gasteiger partial charge < -0.3 is 0 Å². The highest BCUT2D eigenvalue weighted by molar-refractivity contribution is 4.89. The SMILES string of the molecule is CC(C#N)N[C@@H](C)C1CCCCCC1. The Labute approximate surface area is 87.7 Å². The van der Waals surface area contributed by atoms with Crippen LogP contribution in [0.2, 0.25) is 0 Å². The summed E-state index contributed by atoms with van der Waals surface area (Å²) in [6.45, 7) is 4.16. The van der Waals surface area contributed by atoms with Gasteiger partial charge in [0.05, 0.1) is 12.1 Å². The zero-order chi connectivity index (χ0) is 10.4. The first kappa shape index (κ1) is 11.5. The molecule has 0 radical (unpaired) electrons. The van der Waals surface area contributed by atoms with Gasteiger partial charge in [0.15, 0.2) is 0 Å². The quantitative estimate of drug-likeness (QED) is 0.701. The van der Waals surface area contributed by atoms with Crippen molar-refractivity contribution in [3.05, 3.63) is 0 Å². The van der Waals surface area contributed by atoms with Crippen molar-refractivity contribution >= 4 is 0 Å². The van der Waals surface area contributed by atoms with Gasteiger partial charge in [0.1, 0.15) is 0 Å². The predicted octanol–water partition coefficient (Wildman–Crippen LogP) is 2.85. The van der Waals surface area contributed by atoms with Crippen LogP contribution in [0.3, 0.4) is 0 Å². The molecule has 2 heteroatoms. The Morgan fingerprint density at radius 1 is 1.14 bits per heavy atom.